The monoisotopic (exact) mass is 182 g/mol. The summed E-state index contributed by atoms with van der Waals surface area (Å²) in [6, 6.07) is 0.483. The Morgan fingerprint density at radius 1 is 1.31 bits per heavy atom. The average Bonchev–Trinajstić information content (AvgIpc) is 2.34. The quantitative estimate of drug-likeness (QED) is 0.614. The van der Waals surface area contributed by atoms with E-state index in [0.717, 1.165) is 5.92 Å². The van der Waals surface area contributed by atoms with Crippen LogP contribution in [-0.2, 0) is 0 Å². The molecule has 1 saturated carbocycles. The average molecular weight is 182 g/mol. The first-order valence-corrected chi connectivity index (χ1v) is 5.56. The maximum Gasteiger partial charge on any atom is 0.00991 e. The maximum atomic E-state index is 6.26. The molecule has 0 amide bonds. The third kappa shape index (κ3) is 1.62. The number of hydrogen-bond acceptors (Lipinski definition) is 2. The van der Waals surface area contributed by atoms with E-state index >= 15 is 0 Å². The molecule has 0 aromatic carbocycles. The Labute approximate surface area is 81.5 Å². The van der Waals surface area contributed by atoms with Crippen LogP contribution in [0, 0.1) is 11.3 Å². The van der Waals surface area contributed by atoms with E-state index < -0.39 is 0 Å². The fourth-order valence-electron chi connectivity index (χ4n) is 3.25. The summed E-state index contributed by atoms with van der Waals surface area (Å²) in [6.07, 6.45) is 5.29. The summed E-state index contributed by atoms with van der Waals surface area (Å²) >= 11 is 0. The van der Waals surface area contributed by atoms with E-state index in [1.807, 2.05) is 0 Å². The number of nitrogens with zero attached hydrogens (tertiary/aromatic N) is 1. The summed E-state index contributed by atoms with van der Waals surface area (Å²) in [7, 11) is 2.22. The molecule has 2 atom stereocenters. The Bertz CT molecular complexity index is 183. The molecule has 1 heterocycles. The van der Waals surface area contributed by atoms with Crippen LogP contribution < -0.4 is 5.73 Å². The molecule has 2 nitrogen and oxygen atoms in total. The van der Waals surface area contributed by atoms with E-state index in [4.69, 9.17) is 5.73 Å². The van der Waals surface area contributed by atoms with Crippen LogP contribution in [0.2, 0.25) is 0 Å². The molecule has 0 bridgehead atoms. The highest BCUT2D eigenvalue weighted by atomic mass is 15.1. The Balaban J connectivity index is 2.04. The van der Waals surface area contributed by atoms with Crippen molar-refractivity contribution in [2.24, 2.45) is 17.1 Å². The predicted octanol–water partition coefficient (Wildman–Crippen LogP) is 1.46. The van der Waals surface area contributed by atoms with Crippen LogP contribution in [0.5, 0.6) is 0 Å². The highest BCUT2D eigenvalue weighted by Crippen LogP contribution is 2.47. The van der Waals surface area contributed by atoms with Crippen LogP contribution in [0.3, 0.4) is 0 Å². The van der Waals surface area contributed by atoms with Crippen LogP contribution in [0.15, 0.2) is 0 Å². The van der Waals surface area contributed by atoms with Crippen molar-refractivity contribution < 1.29 is 0 Å². The zero-order chi connectivity index (χ0) is 9.47. The fourth-order valence-corrected chi connectivity index (χ4v) is 3.25. The van der Waals surface area contributed by atoms with Crippen LogP contribution in [0.25, 0.3) is 0 Å². The first kappa shape index (κ1) is 9.47. The molecule has 2 N–H and O–H groups in total. The molecule has 0 radical (unpaired) electrons. The molecular weight excluding hydrogens is 160 g/mol. The molecule has 2 heteroatoms. The van der Waals surface area contributed by atoms with E-state index in [9.17, 15) is 0 Å². The van der Waals surface area contributed by atoms with Crippen molar-refractivity contribution in [2.45, 2.75) is 38.6 Å². The molecule has 2 rings (SSSR count). The van der Waals surface area contributed by atoms with Crippen molar-refractivity contribution in [2.75, 3.05) is 20.1 Å². The second-order valence-corrected chi connectivity index (χ2v) is 5.32. The van der Waals surface area contributed by atoms with Gasteiger partial charge in [-0.3, -0.25) is 0 Å². The van der Waals surface area contributed by atoms with Gasteiger partial charge in [0, 0.05) is 6.04 Å². The van der Waals surface area contributed by atoms with Crippen LogP contribution >= 0.6 is 0 Å². The van der Waals surface area contributed by atoms with E-state index in [2.05, 4.69) is 18.9 Å². The van der Waals surface area contributed by atoms with Gasteiger partial charge >= 0.3 is 0 Å². The standard InChI is InChI=1S/C11H22N2/c1-9-7-10(12)11(8-9)3-5-13(2)6-4-11/h9-10H,3-8,12H2,1-2H3/t9?,10-/m1/s1. The second-order valence-electron chi connectivity index (χ2n) is 5.32. The minimum absolute atomic E-state index is 0.483. The van der Waals surface area contributed by atoms with Crippen LogP contribution in [-0.4, -0.2) is 31.1 Å². The summed E-state index contributed by atoms with van der Waals surface area (Å²) in [5.41, 5.74) is 6.78. The third-order valence-electron chi connectivity index (χ3n) is 4.18. The SMILES string of the molecule is CC1C[C@@H](N)C2(CCN(C)CC2)C1. The summed E-state index contributed by atoms with van der Waals surface area (Å²) in [5.74, 6) is 0.860. The summed E-state index contributed by atoms with van der Waals surface area (Å²) in [6.45, 7) is 4.85. The number of likely N-dealkylation sites (tertiary alicyclic amines) is 1. The third-order valence-corrected chi connectivity index (χ3v) is 4.18. The van der Waals surface area contributed by atoms with Crippen molar-refractivity contribution in [1.82, 2.24) is 4.90 Å². The number of hydrogen-bond donors (Lipinski definition) is 1. The Morgan fingerprint density at radius 3 is 2.38 bits per heavy atom. The molecule has 0 aromatic rings. The van der Waals surface area contributed by atoms with Crippen molar-refractivity contribution in [1.29, 1.82) is 0 Å². The Hall–Kier alpha value is -0.0800. The summed E-state index contributed by atoms with van der Waals surface area (Å²) in [4.78, 5) is 2.43. The first-order chi connectivity index (χ1) is 6.12. The molecule has 1 aliphatic heterocycles. The molecule has 76 valence electrons. The van der Waals surface area contributed by atoms with Gasteiger partial charge in [-0.2, -0.15) is 0 Å². The largest absolute Gasteiger partial charge is 0.327 e. The van der Waals surface area contributed by atoms with Crippen molar-refractivity contribution in [3.63, 3.8) is 0 Å². The lowest BCUT2D eigenvalue weighted by atomic mass is 9.74. The van der Waals surface area contributed by atoms with Gasteiger partial charge in [-0.1, -0.05) is 6.92 Å². The van der Waals surface area contributed by atoms with Gasteiger partial charge in [0.25, 0.3) is 0 Å². The topological polar surface area (TPSA) is 29.3 Å². The predicted molar refractivity (Wildman–Crippen MR) is 55.5 cm³/mol. The molecule has 13 heavy (non-hydrogen) atoms. The lowest BCUT2D eigenvalue weighted by Crippen LogP contribution is -2.45. The molecular formula is C11H22N2. The summed E-state index contributed by atoms with van der Waals surface area (Å²) in [5, 5.41) is 0. The minimum Gasteiger partial charge on any atom is -0.327 e. The molecule has 1 unspecified atom stereocenters. The Morgan fingerprint density at radius 2 is 1.92 bits per heavy atom. The maximum absolute atomic E-state index is 6.26. The van der Waals surface area contributed by atoms with Crippen LogP contribution in [0.1, 0.15) is 32.6 Å². The molecule has 0 aromatic heterocycles. The van der Waals surface area contributed by atoms with Crippen molar-refractivity contribution in [3.8, 4) is 0 Å². The minimum atomic E-state index is 0.483. The van der Waals surface area contributed by atoms with Gasteiger partial charge in [0.2, 0.25) is 0 Å². The van der Waals surface area contributed by atoms with Crippen molar-refractivity contribution >= 4 is 0 Å². The van der Waals surface area contributed by atoms with Gasteiger partial charge < -0.3 is 10.6 Å². The normalized spacial score (nSPS) is 39.9. The van der Waals surface area contributed by atoms with Gasteiger partial charge in [-0.15, -0.1) is 0 Å². The van der Waals surface area contributed by atoms with Gasteiger partial charge in [-0.05, 0) is 57.2 Å². The molecule has 1 saturated heterocycles. The number of rotatable bonds is 0. The Kier molecular flexibility index (Phi) is 2.37. The lowest BCUT2D eigenvalue weighted by molar-refractivity contribution is 0.109. The molecule has 2 fully saturated rings. The number of nitrogens with two attached hydrogens (primary N) is 1. The molecule has 1 aliphatic carbocycles. The van der Waals surface area contributed by atoms with Crippen LogP contribution in [0.4, 0.5) is 0 Å². The zero-order valence-electron chi connectivity index (χ0n) is 8.92. The van der Waals surface area contributed by atoms with E-state index in [-0.39, 0.29) is 0 Å². The van der Waals surface area contributed by atoms with E-state index in [1.54, 1.807) is 0 Å². The molecule has 2 aliphatic rings. The zero-order valence-corrected chi connectivity index (χ0v) is 8.92. The van der Waals surface area contributed by atoms with E-state index in [0.29, 0.717) is 11.5 Å². The van der Waals surface area contributed by atoms with Gasteiger partial charge in [0.1, 0.15) is 0 Å². The highest BCUT2D eigenvalue weighted by molar-refractivity contribution is 4.99. The molecule has 1 spiro atoms. The summed E-state index contributed by atoms with van der Waals surface area (Å²) < 4.78 is 0. The fraction of sp³-hybridized carbons (Fsp3) is 1.00. The number of piperidine rings is 1. The van der Waals surface area contributed by atoms with Crippen molar-refractivity contribution in [3.05, 3.63) is 0 Å². The highest BCUT2D eigenvalue weighted by Gasteiger charge is 2.44. The second kappa shape index (κ2) is 3.25. The van der Waals surface area contributed by atoms with Gasteiger partial charge in [-0.25, -0.2) is 0 Å². The lowest BCUT2D eigenvalue weighted by Gasteiger charge is -2.41. The van der Waals surface area contributed by atoms with E-state index in [1.165, 1.54) is 38.8 Å². The first-order valence-electron chi connectivity index (χ1n) is 5.56. The smallest absolute Gasteiger partial charge is 0.00991 e. The van der Waals surface area contributed by atoms with Gasteiger partial charge in [0.05, 0.1) is 0 Å². The van der Waals surface area contributed by atoms with Gasteiger partial charge in [0.15, 0.2) is 0 Å².